The Kier molecular flexibility index (Phi) is 2.11. The maximum atomic E-state index is 10.6. The minimum absolute atomic E-state index is 0.308. The minimum atomic E-state index is -0.308. The fourth-order valence-corrected chi connectivity index (χ4v) is 1.20. The lowest BCUT2D eigenvalue weighted by molar-refractivity contribution is 0.217. The zero-order valence-electron chi connectivity index (χ0n) is 6.13. The molecule has 4 heteroatoms. The highest BCUT2D eigenvalue weighted by atomic mass is 16.2. The fourth-order valence-electron chi connectivity index (χ4n) is 1.20. The molecule has 1 saturated heterocycles. The van der Waals surface area contributed by atoms with E-state index in [2.05, 4.69) is 5.32 Å². The summed E-state index contributed by atoms with van der Waals surface area (Å²) in [6.45, 7) is 1.55. The third-order valence-electron chi connectivity index (χ3n) is 1.91. The first kappa shape index (κ1) is 7.34. The Morgan fingerprint density at radius 1 is 1.80 bits per heavy atom. The highest BCUT2D eigenvalue weighted by Gasteiger charge is 2.22. The van der Waals surface area contributed by atoms with Crippen molar-refractivity contribution in [2.24, 2.45) is 5.73 Å². The van der Waals surface area contributed by atoms with Crippen LogP contribution in [0.4, 0.5) is 4.79 Å². The highest BCUT2D eigenvalue weighted by molar-refractivity contribution is 5.72. The van der Waals surface area contributed by atoms with Crippen molar-refractivity contribution in [2.45, 2.75) is 12.5 Å². The standard InChI is InChI=1S/C6H13N3O/c1-8-5-2-3-9(4-5)6(7)10/h5,8H,2-4H2,1H3,(H2,7,10)/t5-/m1/s1. The molecule has 1 heterocycles. The second-order valence-electron chi connectivity index (χ2n) is 2.56. The van der Waals surface area contributed by atoms with Crippen molar-refractivity contribution in [2.75, 3.05) is 20.1 Å². The summed E-state index contributed by atoms with van der Waals surface area (Å²) in [5, 5.41) is 3.10. The van der Waals surface area contributed by atoms with E-state index >= 15 is 0 Å². The number of urea groups is 1. The molecule has 0 bridgehead atoms. The average Bonchev–Trinajstić information content (AvgIpc) is 2.34. The SMILES string of the molecule is CN[C@@H]1CCN(C(N)=O)C1. The lowest BCUT2D eigenvalue weighted by atomic mass is 10.3. The summed E-state index contributed by atoms with van der Waals surface area (Å²) in [7, 11) is 1.90. The third kappa shape index (κ3) is 1.39. The number of carbonyl (C=O) groups is 1. The van der Waals surface area contributed by atoms with Gasteiger partial charge >= 0.3 is 6.03 Å². The second-order valence-corrected chi connectivity index (χ2v) is 2.56. The van der Waals surface area contributed by atoms with Crippen LogP contribution in [-0.4, -0.2) is 37.1 Å². The van der Waals surface area contributed by atoms with Gasteiger partial charge in [0, 0.05) is 19.1 Å². The van der Waals surface area contributed by atoms with Crippen LogP contribution in [0.2, 0.25) is 0 Å². The van der Waals surface area contributed by atoms with Crippen molar-refractivity contribution in [1.82, 2.24) is 10.2 Å². The van der Waals surface area contributed by atoms with Gasteiger partial charge in [-0.25, -0.2) is 4.79 Å². The van der Waals surface area contributed by atoms with E-state index in [1.807, 2.05) is 7.05 Å². The quantitative estimate of drug-likeness (QED) is 0.513. The molecule has 0 aromatic heterocycles. The van der Waals surface area contributed by atoms with E-state index in [1.165, 1.54) is 0 Å². The molecular weight excluding hydrogens is 130 g/mol. The van der Waals surface area contributed by atoms with Gasteiger partial charge in [0.15, 0.2) is 0 Å². The van der Waals surface area contributed by atoms with Crippen molar-refractivity contribution < 1.29 is 4.79 Å². The lowest BCUT2D eigenvalue weighted by Crippen LogP contribution is -2.36. The molecule has 0 unspecified atom stereocenters. The topological polar surface area (TPSA) is 58.4 Å². The fraction of sp³-hybridized carbons (Fsp3) is 0.833. The summed E-state index contributed by atoms with van der Waals surface area (Å²) in [6, 6.07) is 0.130. The van der Waals surface area contributed by atoms with E-state index in [-0.39, 0.29) is 6.03 Å². The lowest BCUT2D eigenvalue weighted by Gasteiger charge is -2.12. The first-order chi connectivity index (χ1) is 4.74. The summed E-state index contributed by atoms with van der Waals surface area (Å²) in [5.41, 5.74) is 5.07. The van der Waals surface area contributed by atoms with Crippen LogP contribution in [0, 0.1) is 0 Å². The van der Waals surface area contributed by atoms with Gasteiger partial charge < -0.3 is 16.0 Å². The third-order valence-corrected chi connectivity index (χ3v) is 1.91. The Morgan fingerprint density at radius 2 is 2.50 bits per heavy atom. The van der Waals surface area contributed by atoms with Crippen molar-refractivity contribution in [3.63, 3.8) is 0 Å². The van der Waals surface area contributed by atoms with Gasteiger partial charge in [0.2, 0.25) is 0 Å². The van der Waals surface area contributed by atoms with E-state index in [0.717, 1.165) is 19.5 Å². The predicted molar refractivity (Wildman–Crippen MR) is 38.6 cm³/mol. The van der Waals surface area contributed by atoms with Crippen LogP contribution in [0.5, 0.6) is 0 Å². The van der Waals surface area contributed by atoms with Crippen molar-refractivity contribution in [1.29, 1.82) is 0 Å². The summed E-state index contributed by atoms with van der Waals surface area (Å²) < 4.78 is 0. The number of likely N-dealkylation sites (N-methyl/N-ethyl adjacent to an activating group) is 1. The average molecular weight is 143 g/mol. The molecule has 0 aromatic rings. The number of hydrogen-bond donors (Lipinski definition) is 2. The molecule has 0 spiro atoms. The zero-order chi connectivity index (χ0) is 7.56. The molecule has 1 aliphatic rings. The molecule has 1 fully saturated rings. The number of likely N-dealkylation sites (tertiary alicyclic amines) is 1. The van der Waals surface area contributed by atoms with Gasteiger partial charge in [-0.2, -0.15) is 0 Å². The van der Waals surface area contributed by atoms with Gasteiger partial charge in [-0.05, 0) is 13.5 Å². The molecule has 1 atom stereocenters. The van der Waals surface area contributed by atoms with Gasteiger partial charge in [-0.1, -0.05) is 0 Å². The summed E-state index contributed by atoms with van der Waals surface area (Å²) >= 11 is 0. The largest absolute Gasteiger partial charge is 0.351 e. The minimum Gasteiger partial charge on any atom is -0.351 e. The molecule has 10 heavy (non-hydrogen) atoms. The maximum Gasteiger partial charge on any atom is 0.314 e. The van der Waals surface area contributed by atoms with E-state index in [9.17, 15) is 4.79 Å². The Labute approximate surface area is 60.4 Å². The van der Waals surface area contributed by atoms with Crippen molar-refractivity contribution in [3.05, 3.63) is 0 Å². The summed E-state index contributed by atoms with van der Waals surface area (Å²) in [6.07, 6.45) is 1.01. The summed E-state index contributed by atoms with van der Waals surface area (Å²) in [4.78, 5) is 12.2. The molecule has 4 nitrogen and oxygen atoms in total. The number of hydrogen-bond acceptors (Lipinski definition) is 2. The second kappa shape index (κ2) is 2.88. The predicted octanol–water partition coefficient (Wildman–Crippen LogP) is -0.641. The molecule has 0 aromatic carbocycles. The van der Waals surface area contributed by atoms with E-state index < -0.39 is 0 Å². The Morgan fingerprint density at radius 3 is 2.80 bits per heavy atom. The summed E-state index contributed by atoms with van der Waals surface area (Å²) in [5.74, 6) is 0. The smallest absolute Gasteiger partial charge is 0.314 e. The first-order valence-electron chi connectivity index (χ1n) is 3.45. The van der Waals surface area contributed by atoms with Gasteiger partial charge in [0.25, 0.3) is 0 Å². The monoisotopic (exact) mass is 143 g/mol. The normalized spacial score (nSPS) is 25.3. The number of nitrogens with two attached hydrogens (primary N) is 1. The van der Waals surface area contributed by atoms with Crippen LogP contribution in [0.15, 0.2) is 0 Å². The van der Waals surface area contributed by atoms with Gasteiger partial charge in [0.1, 0.15) is 0 Å². The van der Waals surface area contributed by atoms with Crippen LogP contribution in [0.3, 0.4) is 0 Å². The number of nitrogens with zero attached hydrogens (tertiary/aromatic N) is 1. The molecule has 3 N–H and O–H groups in total. The van der Waals surface area contributed by atoms with Crippen LogP contribution >= 0.6 is 0 Å². The zero-order valence-corrected chi connectivity index (χ0v) is 6.13. The molecule has 58 valence electrons. The van der Waals surface area contributed by atoms with Gasteiger partial charge in [0.05, 0.1) is 0 Å². The van der Waals surface area contributed by atoms with E-state index in [0.29, 0.717) is 6.04 Å². The molecule has 2 amide bonds. The first-order valence-corrected chi connectivity index (χ1v) is 3.45. The molecule has 0 aliphatic carbocycles. The van der Waals surface area contributed by atoms with E-state index in [4.69, 9.17) is 5.73 Å². The Bertz CT molecular complexity index is 137. The van der Waals surface area contributed by atoms with Crippen molar-refractivity contribution >= 4 is 6.03 Å². The van der Waals surface area contributed by atoms with Crippen molar-refractivity contribution in [3.8, 4) is 0 Å². The molecular formula is C6H13N3O. The van der Waals surface area contributed by atoms with Crippen LogP contribution < -0.4 is 11.1 Å². The molecule has 1 aliphatic heterocycles. The maximum absolute atomic E-state index is 10.6. The molecule has 1 rings (SSSR count). The van der Waals surface area contributed by atoms with Gasteiger partial charge in [-0.15, -0.1) is 0 Å². The van der Waals surface area contributed by atoms with Crippen LogP contribution in [-0.2, 0) is 0 Å². The number of nitrogens with one attached hydrogen (secondary N) is 1. The molecule has 0 saturated carbocycles. The highest BCUT2D eigenvalue weighted by Crippen LogP contribution is 2.06. The molecule has 0 radical (unpaired) electrons. The van der Waals surface area contributed by atoms with Gasteiger partial charge in [-0.3, -0.25) is 0 Å². The Balaban J connectivity index is 2.35. The number of carbonyl (C=O) groups excluding carboxylic acids is 1. The Hall–Kier alpha value is -0.770. The number of amides is 2. The van der Waals surface area contributed by atoms with Crippen LogP contribution in [0.1, 0.15) is 6.42 Å². The van der Waals surface area contributed by atoms with E-state index in [1.54, 1.807) is 4.90 Å². The van der Waals surface area contributed by atoms with Crippen LogP contribution in [0.25, 0.3) is 0 Å². The number of rotatable bonds is 1. The number of primary amides is 1.